The molecule has 0 radical (unpaired) electrons. The Hall–Kier alpha value is -3.94. The smallest absolute Gasteiger partial charge is 0.316 e. The summed E-state index contributed by atoms with van der Waals surface area (Å²) in [4.78, 5) is 55.4. The summed E-state index contributed by atoms with van der Waals surface area (Å²) in [5.41, 5.74) is 1.03. The Kier molecular flexibility index (Phi) is 4.83. The molecule has 2 aromatic rings. The molecule has 4 fully saturated rings. The van der Waals surface area contributed by atoms with E-state index in [0.717, 1.165) is 6.42 Å². The van der Waals surface area contributed by atoms with E-state index >= 15 is 0 Å². The lowest BCUT2D eigenvalue weighted by atomic mass is 9.63. The maximum Gasteiger partial charge on any atom is 0.316 e. The van der Waals surface area contributed by atoms with Crippen LogP contribution in [0.25, 0.3) is 0 Å². The fourth-order valence-electron chi connectivity index (χ4n) is 7.05. The van der Waals surface area contributed by atoms with E-state index in [2.05, 4.69) is 12.2 Å². The number of nitrogens with zero attached hydrogens (tertiary/aromatic N) is 2. The van der Waals surface area contributed by atoms with E-state index in [-0.39, 0.29) is 60.1 Å². The molecule has 6 aliphatic rings. The van der Waals surface area contributed by atoms with Crippen LogP contribution >= 0.6 is 0 Å². The number of allylic oxidation sites excluding steroid dienone is 2. The molecule has 4 aliphatic carbocycles. The third-order valence-electron chi connectivity index (χ3n) is 8.79. The Morgan fingerprint density at radius 1 is 0.919 bits per heavy atom. The van der Waals surface area contributed by atoms with Gasteiger partial charge in [0.25, 0.3) is 0 Å². The first kappa shape index (κ1) is 22.3. The van der Waals surface area contributed by atoms with Crippen LogP contribution in [0.4, 0.5) is 11.4 Å². The highest BCUT2D eigenvalue weighted by Gasteiger charge is 2.67. The van der Waals surface area contributed by atoms with Gasteiger partial charge in [-0.3, -0.25) is 19.2 Å². The normalized spacial score (nSPS) is 33.0. The first-order valence-electron chi connectivity index (χ1n) is 12.8. The molecule has 3 amide bonds. The number of benzene rings is 2. The summed E-state index contributed by atoms with van der Waals surface area (Å²) in [6.45, 7) is 0.183. The van der Waals surface area contributed by atoms with Crippen molar-refractivity contribution in [3.8, 4) is 11.5 Å². The fourth-order valence-corrected chi connectivity index (χ4v) is 7.05. The number of carbonyl (C=O) groups excluding carboxylic acids is 4. The first-order valence-corrected chi connectivity index (χ1v) is 12.8. The molecule has 0 unspecified atom stereocenters. The minimum absolute atomic E-state index is 0.0289. The Bertz CT molecular complexity index is 1350. The molecule has 8 heteroatoms. The third kappa shape index (κ3) is 3.27. The molecule has 0 aromatic heterocycles. The second kappa shape index (κ2) is 8.03. The summed E-state index contributed by atoms with van der Waals surface area (Å²) in [5, 5.41) is 0. The highest BCUT2D eigenvalue weighted by atomic mass is 16.5. The molecule has 2 aromatic carbocycles. The molecular formula is C29H26N2O6. The highest BCUT2D eigenvalue weighted by Crippen LogP contribution is 2.65. The zero-order chi connectivity index (χ0) is 25.4. The number of amides is 3. The number of imide groups is 1. The lowest BCUT2D eigenvalue weighted by molar-refractivity contribution is -0.139. The van der Waals surface area contributed by atoms with Crippen LogP contribution in [-0.4, -0.2) is 37.3 Å². The van der Waals surface area contributed by atoms with Crippen molar-refractivity contribution in [2.24, 2.45) is 41.4 Å². The Balaban J connectivity index is 1.08. The maximum atomic E-state index is 13.4. The Morgan fingerprint density at radius 2 is 1.62 bits per heavy atom. The molecule has 0 spiro atoms. The molecule has 2 bridgehead atoms. The van der Waals surface area contributed by atoms with Crippen LogP contribution < -0.4 is 19.3 Å². The largest absolute Gasteiger partial charge is 0.495 e. The summed E-state index contributed by atoms with van der Waals surface area (Å²) in [6, 6.07) is 13.7. The number of carbonyl (C=O) groups is 4. The van der Waals surface area contributed by atoms with Gasteiger partial charge in [-0.15, -0.1) is 0 Å². The number of rotatable bonds is 5. The summed E-state index contributed by atoms with van der Waals surface area (Å²) in [5.74, 6) is -0.0941. The lowest BCUT2D eigenvalue weighted by Crippen LogP contribution is -2.40. The summed E-state index contributed by atoms with van der Waals surface area (Å²) in [7, 11) is 1.53. The number of esters is 1. The van der Waals surface area contributed by atoms with Crippen molar-refractivity contribution in [2.75, 3.05) is 23.5 Å². The van der Waals surface area contributed by atoms with Gasteiger partial charge in [-0.05, 0) is 54.4 Å². The standard InChI is InChI=1S/C29H26N2O6/c1-36-23-8-3-2-7-22(23)30-14-15(11-24(30)32)29(35)37-17-6-4-5-16(12-17)31-27(33)25-18-9-10-19(21-13-20(18)21)26(25)28(31)34/h2-10,12,15,18-21,25-26H,11,13-14H2,1H3/t15-,18+,19+,20-,21+,25-,26+/m1/s1. The van der Waals surface area contributed by atoms with Gasteiger partial charge in [0, 0.05) is 19.0 Å². The summed E-state index contributed by atoms with van der Waals surface area (Å²) < 4.78 is 11.0. The number of para-hydroxylation sites is 2. The van der Waals surface area contributed by atoms with Gasteiger partial charge in [0.1, 0.15) is 11.5 Å². The van der Waals surface area contributed by atoms with Gasteiger partial charge in [0.05, 0.1) is 36.2 Å². The molecule has 8 nitrogen and oxygen atoms in total. The van der Waals surface area contributed by atoms with Gasteiger partial charge in [0.15, 0.2) is 0 Å². The van der Waals surface area contributed by atoms with Crippen LogP contribution in [0.15, 0.2) is 60.7 Å². The van der Waals surface area contributed by atoms with Crippen LogP contribution in [0.1, 0.15) is 12.8 Å². The SMILES string of the molecule is COc1ccccc1N1C[C@H](C(=O)Oc2cccc(N3C(=O)[C@@H]4[C@H]5C=C[C@@H]([C@@H]6C[C@H]56)[C@@H]4C3=O)c2)CC1=O. The van der Waals surface area contributed by atoms with E-state index in [4.69, 9.17) is 9.47 Å². The van der Waals surface area contributed by atoms with Gasteiger partial charge in [-0.1, -0.05) is 30.4 Å². The van der Waals surface area contributed by atoms with Crippen LogP contribution in [0.3, 0.4) is 0 Å². The van der Waals surface area contributed by atoms with Crippen molar-refractivity contribution in [3.05, 3.63) is 60.7 Å². The Morgan fingerprint density at radius 3 is 2.32 bits per heavy atom. The van der Waals surface area contributed by atoms with Crippen LogP contribution in [0, 0.1) is 41.4 Å². The van der Waals surface area contributed by atoms with Crippen molar-refractivity contribution in [1.29, 1.82) is 0 Å². The Labute approximate surface area is 213 Å². The van der Waals surface area contributed by atoms with Crippen LogP contribution in [-0.2, 0) is 19.2 Å². The average Bonchev–Trinajstić information content (AvgIpc) is 3.59. The number of methoxy groups -OCH3 is 1. The number of anilines is 2. The van der Waals surface area contributed by atoms with Gasteiger partial charge in [-0.25, -0.2) is 4.90 Å². The molecule has 188 valence electrons. The molecule has 7 atom stereocenters. The third-order valence-corrected chi connectivity index (χ3v) is 8.79. The van der Waals surface area contributed by atoms with E-state index in [9.17, 15) is 19.2 Å². The van der Waals surface area contributed by atoms with Crippen molar-refractivity contribution >= 4 is 35.1 Å². The second-order valence-corrected chi connectivity index (χ2v) is 10.7. The topological polar surface area (TPSA) is 93.2 Å². The predicted molar refractivity (Wildman–Crippen MR) is 133 cm³/mol. The summed E-state index contributed by atoms with van der Waals surface area (Å²) >= 11 is 0. The van der Waals surface area contributed by atoms with Gasteiger partial charge in [-0.2, -0.15) is 0 Å². The monoisotopic (exact) mass is 498 g/mol. The minimum Gasteiger partial charge on any atom is -0.495 e. The quantitative estimate of drug-likeness (QED) is 0.272. The minimum atomic E-state index is -0.646. The molecule has 2 aliphatic heterocycles. The molecule has 0 N–H and O–H groups in total. The van der Waals surface area contributed by atoms with Crippen molar-refractivity contribution in [1.82, 2.24) is 0 Å². The second-order valence-electron chi connectivity index (χ2n) is 10.7. The zero-order valence-corrected chi connectivity index (χ0v) is 20.3. The first-order chi connectivity index (χ1) is 18.0. The van der Waals surface area contributed by atoms with Crippen LogP contribution in [0.5, 0.6) is 11.5 Å². The zero-order valence-electron chi connectivity index (χ0n) is 20.3. The molecule has 8 rings (SSSR count). The molecule has 37 heavy (non-hydrogen) atoms. The lowest BCUT2D eigenvalue weighted by Gasteiger charge is -2.37. The number of hydrogen-bond acceptors (Lipinski definition) is 6. The van der Waals surface area contributed by atoms with E-state index in [1.807, 2.05) is 12.1 Å². The molecule has 2 saturated heterocycles. The average molecular weight is 499 g/mol. The van der Waals surface area contributed by atoms with E-state index in [1.54, 1.807) is 36.4 Å². The van der Waals surface area contributed by atoms with E-state index in [0.29, 0.717) is 29.0 Å². The van der Waals surface area contributed by atoms with Gasteiger partial charge >= 0.3 is 5.97 Å². The molecular weight excluding hydrogens is 472 g/mol. The molecule has 2 saturated carbocycles. The number of ether oxygens (including phenoxy) is 2. The summed E-state index contributed by atoms with van der Waals surface area (Å²) in [6.07, 6.45) is 5.43. The highest BCUT2D eigenvalue weighted by molar-refractivity contribution is 6.22. The van der Waals surface area contributed by atoms with Crippen molar-refractivity contribution in [3.63, 3.8) is 0 Å². The predicted octanol–water partition coefficient (Wildman–Crippen LogP) is 3.21. The van der Waals surface area contributed by atoms with Crippen molar-refractivity contribution in [2.45, 2.75) is 12.8 Å². The van der Waals surface area contributed by atoms with Crippen LogP contribution in [0.2, 0.25) is 0 Å². The molecule has 2 heterocycles. The number of hydrogen-bond donors (Lipinski definition) is 0. The van der Waals surface area contributed by atoms with Gasteiger partial charge in [0.2, 0.25) is 17.7 Å². The van der Waals surface area contributed by atoms with E-state index < -0.39 is 11.9 Å². The maximum absolute atomic E-state index is 13.4. The van der Waals surface area contributed by atoms with Gasteiger partial charge < -0.3 is 14.4 Å². The van der Waals surface area contributed by atoms with Crippen molar-refractivity contribution < 1.29 is 28.7 Å². The fraction of sp³-hybridized carbons (Fsp3) is 0.379. The van der Waals surface area contributed by atoms with E-state index in [1.165, 1.54) is 16.9 Å².